The third-order valence-corrected chi connectivity index (χ3v) is 3.32. The first-order valence-corrected chi connectivity index (χ1v) is 7.57. The zero-order chi connectivity index (χ0) is 19.2. The van der Waals surface area contributed by atoms with Crippen LogP contribution in [-0.4, -0.2) is 15.9 Å². The van der Waals surface area contributed by atoms with Crippen LogP contribution < -0.4 is 0 Å². The summed E-state index contributed by atoms with van der Waals surface area (Å²) < 4.78 is 37.5. The number of hydrogen-bond acceptors (Lipinski definition) is 3. The minimum absolute atomic E-state index is 0. The molecular weight excluding hydrogens is 535 g/mol. The first kappa shape index (κ1) is 22.5. The summed E-state index contributed by atoms with van der Waals surface area (Å²) in [6, 6.07) is 17.3. The second-order valence-electron chi connectivity index (χ2n) is 5.30. The monoisotopic (exact) mass is 551 g/mol. The van der Waals surface area contributed by atoms with Crippen molar-refractivity contribution in [3.63, 3.8) is 0 Å². The van der Waals surface area contributed by atoms with Crippen LogP contribution in [0.1, 0.15) is 12.5 Å². The molecule has 7 heteroatoms. The summed E-state index contributed by atoms with van der Waals surface area (Å²) in [6.07, 6.45) is -2.53. The van der Waals surface area contributed by atoms with Crippen molar-refractivity contribution in [2.75, 3.05) is 0 Å². The largest absolute Gasteiger partial charge is 0.515 e. The standard InChI is InChI=1S/C16H9F3N.C4H6O2.Ir/c17-16(18,19)13-8-5-12(6-9-13)15-10-7-11-3-1-2-4-14(11)20-15;1-4(6)2-3-5;/h1-5,7-10H;2-3,5H,1H3;/q-1;;/b;3-2-;. The van der Waals surface area contributed by atoms with Gasteiger partial charge in [-0.25, -0.2) is 0 Å². The number of nitrogens with zero attached hydrogens (tertiary/aromatic N) is 1. The van der Waals surface area contributed by atoms with Crippen molar-refractivity contribution >= 4 is 16.7 Å². The van der Waals surface area contributed by atoms with E-state index in [9.17, 15) is 18.0 Å². The van der Waals surface area contributed by atoms with E-state index in [4.69, 9.17) is 5.11 Å². The molecule has 0 bridgehead atoms. The molecule has 0 amide bonds. The van der Waals surface area contributed by atoms with Crippen molar-refractivity contribution in [3.8, 4) is 11.3 Å². The second-order valence-corrected chi connectivity index (χ2v) is 5.30. The SMILES string of the molecule is CC(=O)/C=C\O.FC(F)(F)c1c[c-]c(-c2ccc3ccccc3n2)cc1.[Ir]. The molecule has 0 aliphatic heterocycles. The molecule has 1 heterocycles. The van der Waals surface area contributed by atoms with Gasteiger partial charge in [-0.3, -0.25) is 9.78 Å². The van der Waals surface area contributed by atoms with Gasteiger partial charge in [-0.15, -0.1) is 29.8 Å². The number of rotatable bonds is 2. The molecule has 0 aliphatic rings. The van der Waals surface area contributed by atoms with Crippen LogP contribution in [-0.2, 0) is 31.1 Å². The predicted octanol–water partition coefficient (Wildman–Crippen LogP) is 5.37. The van der Waals surface area contributed by atoms with E-state index in [1.54, 1.807) is 6.07 Å². The smallest absolute Gasteiger partial charge is 0.381 e. The van der Waals surface area contributed by atoms with Gasteiger partial charge in [0.15, 0.2) is 5.78 Å². The van der Waals surface area contributed by atoms with Crippen LogP contribution in [0.3, 0.4) is 0 Å². The molecule has 1 radical (unpaired) electrons. The third-order valence-electron chi connectivity index (χ3n) is 3.32. The molecule has 3 nitrogen and oxygen atoms in total. The van der Waals surface area contributed by atoms with Crippen molar-refractivity contribution in [1.29, 1.82) is 0 Å². The van der Waals surface area contributed by atoms with Crippen molar-refractivity contribution in [3.05, 3.63) is 78.6 Å². The van der Waals surface area contributed by atoms with E-state index in [1.165, 1.54) is 13.0 Å². The van der Waals surface area contributed by atoms with Crippen molar-refractivity contribution in [2.24, 2.45) is 0 Å². The fraction of sp³-hybridized carbons (Fsp3) is 0.100. The number of aliphatic hydroxyl groups is 1. The van der Waals surface area contributed by atoms with Crippen LogP contribution >= 0.6 is 0 Å². The average Bonchev–Trinajstić information content (AvgIpc) is 2.61. The van der Waals surface area contributed by atoms with Gasteiger partial charge < -0.3 is 5.11 Å². The molecule has 3 aromatic rings. The van der Waals surface area contributed by atoms with Gasteiger partial charge in [0.05, 0.1) is 11.8 Å². The van der Waals surface area contributed by atoms with E-state index >= 15 is 0 Å². The number of halogens is 3. The molecule has 0 saturated carbocycles. The molecule has 0 fully saturated rings. The summed E-state index contributed by atoms with van der Waals surface area (Å²) in [6.45, 7) is 1.37. The molecule has 0 spiro atoms. The summed E-state index contributed by atoms with van der Waals surface area (Å²) in [5.74, 6) is -0.141. The second kappa shape index (κ2) is 9.99. The van der Waals surface area contributed by atoms with E-state index in [1.807, 2.05) is 30.3 Å². The number of aliphatic hydroxyl groups excluding tert-OH is 1. The zero-order valence-electron chi connectivity index (χ0n) is 14.1. The molecule has 0 saturated heterocycles. The van der Waals surface area contributed by atoms with Gasteiger partial charge >= 0.3 is 6.18 Å². The molecule has 3 rings (SSSR count). The number of fused-ring (bicyclic) bond motifs is 1. The maximum Gasteiger partial charge on any atom is 0.381 e. The predicted molar refractivity (Wildman–Crippen MR) is 93.5 cm³/mol. The van der Waals surface area contributed by atoms with Gasteiger partial charge in [-0.05, 0) is 29.6 Å². The fourth-order valence-electron chi connectivity index (χ4n) is 2.08. The Morgan fingerprint density at radius 2 is 1.81 bits per heavy atom. The number of allylic oxidation sites excluding steroid dienone is 1. The minimum Gasteiger partial charge on any atom is -0.515 e. The number of carbonyl (C=O) groups is 1. The zero-order valence-corrected chi connectivity index (χ0v) is 16.5. The number of hydrogen-bond donors (Lipinski definition) is 1. The van der Waals surface area contributed by atoms with Crippen LogP contribution in [0.25, 0.3) is 22.2 Å². The molecule has 1 N–H and O–H groups in total. The van der Waals surface area contributed by atoms with Crippen LogP contribution in [0.5, 0.6) is 0 Å². The number of benzene rings is 2. The van der Waals surface area contributed by atoms with Gasteiger partial charge in [0, 0.05) is 26.2 Å². The molecule has 27 heavy (non-hydrogen) atoms. The number of alkyl halides is 3. The van der Waals surface area contributed by atoms with E-state index < -0.39 is 11.7 Å². The quantitative estimate of drug-likeness (QED) is 0.265. The molecule has 2 aromatic carbocycles. The number of pyridine rings is 1. The Hall–Kier alpha value is -2.50. The number of carbonyl (C=O) groups excluding carboxylic acids is 1. The van der Waals surface area contributed by atoms with Gasteiger partial charge in [-0.2, -0.15) is 13.2 Å². The van der Waals surface area contributed by atoms with Gasteiger partial charge in [0.25, 0.3) is 0 Å². The molecule has 0 aliphatic carbocycles. The minimum atomic E-state index is -4.34. The van der Waals surface area contributed by atoms with Crippen molar-refractivity contribution in [1.82, 2.24) is 4.98 Å². The van der Waals surface area contributed by atoms with Crippen LogP contribution in [0.4, 0.5) is 13.2 Å². The summed E-state index contributed by atoms with van der Waals surface area (Å²) in [4.78, 5) is 14.2. The summed E-state index contributed by atoms with van der Waals surface area (Å²) in [5, 5.41) is 8.82. The van der Waals surface area contributed by atoms with E-state index in [-0.39, 0.29) is 25.9 Å². The van der Waals surface area contributed by atoms with Gasteiger partial charge in [-0.1, -0.05) is 30.3 Å². The Balaban J connectivity index is 0.000000456. The summed E-state index contributed by atoms with van der Waals surface area (Å²) >= 11 is 0. The van der Waals surface area contributed by atoms with Crippen molar-refractivity contribution in [2.45, 2.75) is 13.1 Å². The Bertz CT molecular complexity index is 922. The first-order chi connectivity index (χ1) is 12.3. The van der Waals surface area contributed by atoms with Crippen LogP contribution in [0, 0.1) is 6.07 Å². The maximum absolute atomic E-state index is 12.5. The topological polar surface area (TPSA) is 50.2 Å². The Labute approximate surface area is 167 Å². The van der Waals surface area contributed by atoms with E-state index in [2.05, 4.69) is 11.1 Å². The molecule has 1 aromatic heterocycles. The van der Waals surface area contributed by atoms with Crippen molar-refractivity contribution < 1.29 is 43.2 Å². The summed E-state index contributed by atoms with van der Waals surface area (Å²) in [5.41, 5.74) is 1.25. The van der Waals surface area contributed by atoms with Crippen LogP contribution in [0.2, 0.25) is 0 Å². The molecule has 0 atom stereocenters. The number of para-hydroxylation sites is 1. The fourth-order valence-corrected chi connectivity index (χ4v) is 2.08. The molecule has 143 valence electrons. The Morgan fingerprint density at radius 1 is 1.11 bits per heavy atom. The van der Waals surface area contributed by atoms with E-state index in [0.717, 1.165) is 35.4 Å². The summed E-state index contributed by atoms with van der Waals surface area (Å²) in [7, 11) is 0. The van der Waals surface area contributed by atoms with Gasteiger partial charge in [0.1, 0.15) is 0 Å². The maximum atomic E-state index is 12.5. The van der Waals surface area contributed by atoms with E-state index in [0.29, 0.717) is 11.3 Å². The first-order valence-electron chi connectivity index (χ1n) is 7.57. The Morgan fingerprint density at radius 3 is 2.33 bits per heavy atom. The number of ketones is 1. The normalized spacial score (nSPS) is 10.8. The average molecular weight is 551 g/mol. The molecular formula is C20H15F3IrNO2-. The molecule has 0 unspecified atom stereocenters. The number of aromatic nitrogens is 1. The Kier molecular flexibility index (Phi) is 8.34. The van der Waals surface area contributed by atoms with Crippen LogP contribution in [0.15, 0.2) is 66.9 Å². The third kappa shape index (κ3) is 6.62. The van der Waals surface area contributed by atoms with Gasteiger partial charge in [0.2, 0.25) is 0 Å².